The van der Waals surface area contributed by atoms with Crippen LogP contribution in [0.4, 0.5) is 0 Å². The van der Waals surface area contributed by atoms with E-state index in [1.54, 1.807) is 0 Å². The van der Waals surface area contributed by atoms with Crippen LogP contribution in [0.15, 0.2) is 0 Å². The molecule has 1 aliphatic heterocycles. The molecule has 2 saturated carbocycles. The third-order valence-electron chi connectivity index (χ3n) is 5.94. The summed E-state index contributed by atoms with van der Waals surface area (Å²) in [5.41, 5.74) is 0. The van der Waals surface area contributed by atoms with Gasteiger partial charge in [0.2, 0.25) is 0 Å². The maximum Gasteiger partial charge on any atom is 0.125 e. The highest BCUT2D eigenvalue weighted by atomic mass is 16.7. The molecule has 0 spiro atoms. The van der Waals surface area contributed by atoms with Gasteiger partial charge in [-0.1, -0.05) is 39.5 Å². The molecule has 0 aromatic carbocycles. The Morgan fingerprint density at radius 3 is 2.45 bits per heavy atom. The summed E-state index contributed by atoms with van der Waals surface area (Å²) in [5, 5.41) is 11.8. The molecule has 3 nitrogen and oxygen atoms in total. The maximum absolute atomic E-state index is 9.65. The second-order valence-corrected chi connectivity index (χ2v) is 7.23. The summed E-state index contributed by atoms with van der Waals surface area (Å²) in [7, 11) is 0. The molecule has 112 valence electrons. The molecule has 3 fully saturated rings. The van der Waals surface area contributed by atoms with Crippen LogP contribution in [0.25, 0.3) is 0 Å². The van der Waals surface area contributed by atoms with Gasteiger partial charge in [-0.25, -0.2) is 0 Å². The van der Waals surface area contributed by atoms with Crippen LogP contribution in [-0.4, -0.2) is 23.3 Å². The first-order chi connectivity index (χ1) is 9.72. The molecular weight excluding hydrogens is 248 g/mol. The van der Waals surface area contributed by atoms with Gasteiger partial charge in [0.1, 0.15) is 6.04 Å². The fourth-order valence-electron chi connectivity index (χ4n) is 4.67. The van der Waals surface area contributed by atoms with Crippen molar-refractivity contribution in [2.24, 2.45) is 17.8 Å². The molecule has 3 aliphatic rings. The van der Waals surface area contributed by atoms with Crippen LogP contribution < -0.4 is 0 Å². The number of hydrogen-bond acceptors (Lipinski definition) is 3. The van der Waals surface area contributed by atoms with E-state index < -0.39 is 0 Å². The molecule has 1 saturated heterocycles. The van der Waals surface area contributed by atoms with Gasteiger partial charge >= 0.3 is 0 Å². The van der Waals surface area contributed by atoms with Gasteiger partial charge in [-0.15, -0.1) is 0 Å². The second-order valence-electron chi connectivity index (χ2n) is 7.23. The molecule has 3 rings (SSSR count). The van der Waals surface area contributed by atoms with Gasteiger partial charge in [0, 0.05) is 6.04 Å². The first-order valence-corrected chi connectivity index (χ1v) is 8.57. The molecule has 0 aromatic heterocycles. The van der Waals surface area contributed by atoms with E-state index in [0.29, 0.717) is 29.9 Å². The lowest BCUT2D eigenvalue weighted by molar-refractivity contribution is -0.309. The summed E-state index contributed by atoms with van der Waals surface area (Å²) in [4.78, 5) is 6.43. The van der Waals surface area contributed by atoms with Crippen LogP contribution in [0.1, 0.15) is 65.2 Å². The lowest BCUT2D eigenvalue weighted by Gasteiger charge is -2.51. The first kappa shape index (κ1) is 14.4. The van der Waals surface area contributed by atoms with Crippen molar-refractivity contribution >= 4 is 0 Å². The molecule has 5 atom stereocenters. The van der Waals surface area contributed by atoms with Crippen molar-refractivity contribution < 1.29 is 4.84 Å². The van der Waals surface area contributed by atoms with Crippen LogP contribution in [0.3, 0.4) is 0 Å². The Morgan fingerprint density at radius 1 is 1.00 bits per heavy atom. The minimum Gasteiger partial charge on any atom is -0.294 e. The Labute approximate surface area is 123 Å². The van der Waals surface area contributed by atoms with Gasteiger partial charge < -0.3 is 0 Å². The average molecular weight is 276 g/mol. The lowest BCUT2D eigenvalue weighted by Crippen LogP contribution is -2.58. The topological polar surface area (TPSA) is 36.3 Å². The summed E-state index contributed by atoms with van der Waals surface area (Å²) >= 11 is 0. The Balaban J connectivity index is 1.80. The van der Waals surface area contributed by atoms with Crippen LogP contribution >= 0.6 is 0 Å². The highest BCUT2D eigenvalue weighted by Crippen LogP contribution is 2.44. The van der Waals surface area contributed by atoms with E-state index in [2.05, 4.69) is 25.0 Å². The summed E-state index contributed by atoms with van der Waals surface area (Å²) in [6.07, 6.45) is 10.5. The zero-order valence-electron chi connectivity index (χ0n) is 12.9. The number of hydrogen-bond donors (Lipinski definition) is 0. The number of nitrogens with zero attached hydrogens (tertiary/aromatic N) is 2. The molecule has 0 aromatic rings. The maximum atomic E-state index is 9.65. The summed E-state index contributed by atoms with van der Waals surface area (Å²) < 4.78 is 0. The van der Waals surface area contributed by atoms with Crippen molar-refractivity contribution in [2.75, 3.05) is 0 Å². The fraction of sp³-hybridized carbons (Fsp3) is 0.941. The monoisotopic (exact) mass is 276 g/mol. The Kier molecular flexibility index (Phi) is 4.33. The molecular formula is C17H28N2O. The van der Waals surface area contributed by atoms with Crippen LogP contribution in [0.5, 0.6) is 0 Å². The minimum absolute atomic E-state index is 0.0374. The minimum atomic E-state index is -0.0374. The second kappa shape index (κ2) is 6.03. The van der Waals surface area contributed by atoms with E-state index in [1.165, 1.54) is 51.4 Å². The molecule has 0 N–H and O–H groups in total. The fourth-order valence-corrected chi connectivity index (χ4v) is 4.67. The smallest absolute Gasteiger partial charge is 0.125 e. The number of hydroxylamine groups is 2. The zero-order valence-corrected chi connectivity index (χ0v) is 12.9. The van der Waals surface area contributed by atoms with Gasteiger partial charge in [0.25, 0.3) is 0 Å². The van der Waals surface area contributed by atoms with Crippen molar-refractivity contribution in [3.05, 3.63) is 0 Å². The van der Waals surface area contributed by atoms with Crippen molar-refractivity contribution in [3.63, 3.8) is 0 Å². The third kappa shape index (κ3) is 2.49. The van der Waals surface area contributed by atoms with E-state index in [9.17, 15) is 5.26 Å². The van der Waals surface area contributed by atoms with Gasteiger partial charge in [-0.2, -0.15) is 10.3 Å². The van der Waals surface area contributed by atoms with E-state index in [4.69, 9.17) is 4.84 Å². The predicted molar refractivity (Wildman–Crippen MR) is 78.7 cm³/mol. The molecule has 1 heterocycles. The van der Waals surface area contributed by atoms with Crippen molar-refractivity contribution in [2.45, 2.75) is 83.4 Å². The third-order valence-corrected chi connectivity index (χ3v) is 5.94. The normalized spacial score (nSPS) is 43.8. The van der Waals surface area contributed by atoms with Crippen LogP contribution in [-0.2, 0) is 4.84 Å². The van der Waals surface area contributed by atoms with Gasteiger partial charge in [-0.3, -0.25) is 4.84 Å². The van der Waals surface area contributed by atoms with Crippen molar-refractivity contribution in [1.82, 2.24) is 5.06 Å². The van der Waals surface area contributed by atoms with E-state index in [1.807, 2.05) is 0 Å². The van der Waals surface area contributed by atoms with E-state index in [-0.39, 0.29) is 6.04 Å². The molecule has 0 amide bonds. The Bertz CT molecular complexity index is 372. The molecule has 0 radical (unpaired) electrons. The largest absolute Gasteiger partial charge is 0.294 e. The highest BCUT2D eigenvalue weighted by molar-refractivity contribution is 5.02. The summed E-state index contributed by atoms with van der Waals surface area (Å²) in [6.45, 7) is 4.61. The molecule has 0 bridgehead atoms. The molecule has 2 aliphatic carbocycles. The molecule has 3 unspecified atom stereocenters. The SMILES string of the molecule is C[C@@H]1C2CCC[C@H](C)C2ON(C2CCCCC2)C1C#N. The van der Waals surface area contributed by atoms with E-state index in [0.717, 1.165) is 0 Å². The summed E-state index contributed by atoms with van der Waals surface area (Å²) in [5.74, 6) is 1.67. The van der Waals surface area contributed by atoms with Crippen molar-refractivity contribution in [1.29, 1.82) is 5.26 Å². The number of nitriles is 1. The van der Waals surface area contributed by atoms with E-state index >= 15 is 0 Å². The summed E-state index contributed by atoms with van der Waals surface area (Å²) in [6, 6.07) is 2.99. The quantitative estimate of drug-likeness (QED) is 0.728. The highest BCUT2D eigenvalue weighted by Gasteiger charge is 2.47. The number of rotatable bonds is 1. The predicted octanol–water partition coefficient (Wildman–Crippen LogP) is 3.90. The average Bonchev–Trinajstić information content (AvgIpc) is 2.49. The van der Waals surface area contributed by atoms with Crippen molar-refractivity contribution in [3.8, 4) is 6.07 Å². The van der Waals surface area contributed by atoms with Crippen LogP contribution in [0, 0.1) is 29.1 Å². The Hall–Kier alpha value is -0.590. The Morgan fingerprint density at radius 2 is 1.75 bits per heavy atom. The molecule has 20 heavy (non-hydrogen) atoms. The first-order valence-electron chi connectivity index (χ1n) is 8.57. The zero-order chi connectivity index (χ0) is 14.1. The van der Waals surface area contributed by atoms with Gasteiger partial charge in [-0.05, 0) is 43.4 Å². The molecule has 3 heteroatoms. The van der Waals surface area contributed by atoms with Gasteiger partial charge in [0.15, 0.2) is 0 Å². The lowest BCUT2D eigenvalue weighted by atomic mass is 9.70. The standard InChI is InChI=1S/C17H28N2O/c1-12-7-6-10-15-13(2)16(11-18)19(20-17(12)15)14-8-4-3-5-9-14/h12-17H,3-10H2,1-2H3/t12-,13+,15?,16?,17?/m0/s1. The van der Waals surface area contributed by atoms with Crippen LogP contribution in [0.2, 0.25) is 0 Å². The van der Waals surface area contributed by atoms with Gasteiger partial charge in [0.05, 0.1) is 12.2 Å². The number of fused-ring (bicyclic) bond motifs is 1.